The fourth-order valence-corrected chi connectivity index (χ4v) is 3.01. The van der Waals surface area contributed by atoms with Gasteiger partial charge in [-0.2, -0.15) is 0 Å². The third kappa shape index (κ3) is 2.69. The molecule has 1 aliphatic rings. The molecule has 22 heavy (non-hydrogen) atoms. The topological polar surface area (TPSA) is 32.3 Å². The Morgan fingerprint density at radius 3 is 2.55 bits per heavy atom. The number of rotatable bonds is 2. The van der Waals surface area contributed by atoms with Crippen LogP contribution in [0.15, 0.2) is 58.7 Å². The van der Waals surface area contributed by atoms with Crippen molar-refractivity contribution in [3.8, 4) is 0 Å². The van der Waals surface area contributed by atoms with Crippen LogP contribution in [0.4, 0.5) is 5.69 Å². The number of hydrogen-bond acceptors (Lipinski definition) is 2. The fraction of sp³-hybridized carbons (Fsp3) is 0.0588. The van der Waals surface area contributed by atoms with Crippen molar-refractivity contribution in [1.29, 1.82) is 0 Å². The van der Waals surface area contributed by atoms with Crippen molar-refractivity contribution in [3.63, 3.8) is 0 Å². The first-order valence-corrected chi connectivity index (χ1v) is 7.95. The number of anilines is 1. The molecule has 0 radical (unpaired) electrons. The van der Waals surface area contributed by atoms with Crippen molar-refractivity contribution in [2.45, 2.75) is 6.92 Å². The predicted molar refractivity (Wildman–Crippen MR) is 96.5 cm³/mol. The molecular weight excluding hydrogens is 360 g/mol. The summed E-state index contributed by atoms with van der Waals surface area (Å²) in [6.07, 6.45) is 1.80. The van der Waals surface area contributed by atoms with Crippen LogP contribution >= 0.6 is 28.1 Å². The van der Waals surface area contributed by atoms with Crippen molar-refractivity contribution >= 4 is 50.9 Å². The summed E-state index contributed by atoms with van der Waals surface area (Å²) in [5.41, 5.74) is 3.20. The molecule has 1 fully saturated rings. The van der Waals surface area contributed by atoms with Crippen molar-refractivity contribution < 1.29 is 4.79 Å². The van der Waals surface area contributed by atoms with Gasteiger partial charge in [-0.05, 0) is 48.5 Å². The van der Waals surface area contributed by atoms with Crippen molar-refractivity contribution in [2.75, 3.05) is 4.90 Å². The molecule has 0 spiro atoms. The maximum atomic E-state index is 12.7. The molecule has 5 heteroatoms. The second kappa shape index (κ2) is 6.02. The maximum Gasteiger partial charge on any atom is 0.281 e. The number of hydrogen-bond donors (Lipinski definition) is 1. The Labute approximate surface area is 142 Å². The molecule has 0 bridgehead atoms. The highest BCUT2D eigenvalue weighted by atomic mass is 79.9. The SMILES string of the molecule is Cc1ccccc1N1C(=O)/C(=C\c2ccccc2Br)NC1=S. The molecule has 1 amide bonds. The molecule has 0 aliphatic carbocycles. The van der Waals surface area contributed by atoms with E-state index < -0.39 is 0 Å². The lowest BCUT2D eigenvalue weighted by Gasteiger charge is -2.16. The van der Waals surface area contributed by atoms with Gasteiger partial charge in [0.2, 0.25) is 0 Å². The monoisotopic (exact) mass is 372 g/mol. The summed E-state index contributed by atoms with van der Waals surface area (Å²) in [5, 5.41) is 3.40. The first-order chi connectivity index (χ1) is 10.6. The maximum absolute atomic E-state index is 12.7. The van der Waals surface area contributed by atoms with Gasteiger partial charge in [-0.25, -0.2) is 0 Å². The Kier molecular flexibility index (Phi) is 4.09. The largest absolute Gasteiger partial charge is 0.327 e. The molecule has 1 N–H and O–H groups in total. The highest BCUT2D eigenvalue weighted by Gasteiger charge is 2.32. The van der Waals surface area contributed by atoms with E-state index in [0.29, 0.717) is 10.8 Å². The summed E-state index contributed by atoms with van der Waals surface area (Å²) in [7, 11) is 0. The smallest absolute Gasteiger partial charge is 0.281 e. The Bertz CT molecular complexity index is 801. The summed E-state index contributed by atoms with van der Waals surface area (Å²) in [5.74, 6) is -0.143. The lowest BCUT2D eigenvalue weighted by molar-refractivity contribution is -0.113. The van der Waals surface area contributed by atoms with Gasteiger partial charge in [0, 0.05) is 4.47 Å². The van der Waals surface area contributed by atoms with Crippen LogP contribution in [-0.4, -0.2) is 11.0 Å². The molecule has 2 aromatic carbocycles. The third-order valence-corrected chi connectivity index (χ3v) is 4.45. The van der Waals surface area contributed by atoms with E-state index in [1.165, 1.54) is 4.90 Å². The van der Waals surface area contributed by atoms with Gasteiger partial charge in [0.15, 0.2) is 5.11 Å². The number of aryl methyl sites for hydroxylation is 1. The first kappa shape index (κ1) is 14.9. The first-order valence-electron chi connectivity index (χ1n) is 6.75. The van der Waals surface area contributed by atoms with E-state index in [1.54, 1.807) is 6.08 Å². The van der Waals surface area contributed by atoms with Gasteiger partial charge in [-0.3, -0.25) is 9.69 Å². The molecule has 3 rings (SSSR count). The second-order valence-electron chi connectivity index (χ2n) is 4.94. The Morgan fingerprint density at radius 2 is 1.82 bits per heavy atom. The van der Waals surface area contributed by atoms with Gasteiger partial charge in [0.1, 0.15) is 5.70 Å². The average Bonchev–Trinajstić information content (AvgIpc) is 2.77. The molecular formula is C17H13BrN2OS. The number of carbonyl (C=O) groups excluding carboxylic acids is 1. The summed E-state index contributed by atoms with van der Waals surface area (Å²) < 4.78 is 0.928. The van der Waals surface area contributed by atoms with Gasteiger partial charge in [0.25, 0.3) is 5.91 Å². The second-order valence-corrected chi connectivity index (χ2v) is 6.18. The van der Waals surface area contributed by atoms with Crippen LogP contribution in [0.5, 0.6) is 0 Å². The Balaban J connectivity index is 1.99. The van der Waals surface area contributed by atoms with Crippen molar-refractivity contribution in [1.82, 2.24) is 5.32 Å². The number of nitrogens with zero attached hydrogens (tertiary/aromatic N) is 1. The van der Waals surface area contributed by atoms with Gasteiger partial charge >= 0.3 is 0 Å². The summed E-state index contributed by atoms with van der Waals surface area (Å²) in [6.45, 7) is 1.96. The molecule has 0 saturated carbocycles. The number of nitrogens with one attached hydrogen (secondary N) is 1. The van der Waals surface area contributed by atoms with Crippen LogP contribution in [0.1, 0.15) is 11.1 Å². The van der Waals surface area contributed by atoms with Gasteiger partial charge < -0.3 is 5.32 Å². The minimum absolute atomic E-state index is 0.143. The van der Waals surface area contributed by atoms with E-state index in [1.807, 2.05) is 55.5 Å². The third-order valence-electron chi connectivity index (χ3n) is 3.44. The molecule has 1 saturated heterocycles. The Hall–Kier alpha value is -1.98. The number of thiocarbonyl (C=S) groups is 1. The van der Waals surface area contributed by atoms with Gasteiger partial charge in [-0.1, -0.05) is 52.3 Å². The predicted octanol–water partition coefficient (Wildman–Crippen LogP) is 4.02. The summed E-state index contributed by atoms with van der Waals surface area (Å²) >= 11 is 8.81. The lowest BCUT2D eigenvalue weighted by Crippen LogP contribution is -2.30. The molecule has 0 unspecified atom stereocenters. The fourth-order valence-electron chi connectivity index (χ4n) is 2.32. The van der Waals surface area contributed by atoms with Crippen molar-refractivity contribution in [2.24, 2.45) is 0 Å². The van der Waals surface area contributed by atoms with Crippen LogP contribution in [0.2, 0.25) is 0 Å². The van der Waals surface area contributed by atoms with E-state index in [0.717, 1.165) is 21.3 Å². The number of carbonyl (C=O) groups is 1. The highest BCUT2D eigenvalue weighted by molar-refractivity contribution is 9.10. The van der Waals surface area contributed by atoms with Crippen LogP contribution in [0.3, 0.4) is 0 Å². The number of para-hydroxylation sites is 1. The molecule has 2 aromatic rings. The van der Waals surface area contributed by atoms with Crippen molar-refractivity contribution in [3.05, 3.63) is 69.8 Å². The summed E-state index contributed by atoms with van der Waals surface area (Å²) in [6, 6.07) is 15.4. The van der Waals surface area contributed by atoms with Gasteiger partial charge in [-0.15, -0.1) is 0 Å². The van der Waals surface area contributed by atoms with E-state index >= 15 is 0 Å². The Morgan fingerprint density at radius 1 is 1.14 bits per heavy atom. The van der Waals surface area contributed by atoms with Crippen LogP contribution in [0, 0.1) is 6.92 Å². The van der Waals surface area contributed by atoms with E-state index in [9.17, 15) is 4.79 Å². The minimum atomic E-state index is -0.143. The number of benzene rings is 2. The van der Waals surface area contributed by atoms with Gasteiger partial charge in [0.05, 0.1) is 5.69 Å². The molecule has 0 atom stereocenters. The van der Waals surface area contributed by atoms with E-state index in [2.05, 4.69) is 21.2 Å². The number of amides is 1. The lowest BCUT2D eigenvalue weighted by atomic mass is 10.1. The van der Waals surface area contributed by atoms with Crippen LogP contribution in [0.25, 0.3) is 6.08 Å². The highest BCUT2D eigenvalue weighted by Crippen LogP contribution is 2.26. The average molecular weight is 373 g/mol. The van der Waals surface area contributed by atoms with Crippen LogP contribution in [-0.2, 0) is 4.79 Å². The standard InChI is InChI=1S/C17H13BrN2OS/c1-11-6-2-5-9-15(11)20-16(21)14(19-17(20)22)10-12-7-3-4-8-13(12)18/h2-10H,1H3,(H,19,22)/b14-10+. The molecule has 0 aromatic heterocycles. The quantitative estimate of drug-likeness (QED) is 0.638. The summed E-state index contributed by atoms with van der Waals surface area (Å²) in [4.78, 5) is 14.2. The molecule has 1 heterocycles. The zero-order valence-electron chi connectivity index (χ0n) is 11.8. The number of halogens is 1. The van der Waals surface area contributed by atoms with E-state index in [4.69, 9.17) is 12.2 Å². The van der Waals surface area contributed by atoms with Crippen LogP contribution < -0.4 is 10.2 Å². The molecule has 1 aliphatic heterocycles. The van der Waals surface area contributed by atoms with E-state index in [-0.39, 0.29) is 5.91 Å². The zero-order chi connectivity index (χ0) is 15.7. The zero-order valence-corrected chi connectivity index (χ0v) is 14.2. The minimum Gasteiger partial charge on any atom is -0.327 e. The normalized spacial score (nSPS) is 16.3. The molecule has 110 valence electrons. The molecule has 3 nitrogen and oxygen atoms in total.